The fourth-order valence-electron chi connectivity index (χ4n) is 2.69. The molecule has 1 saturated heterocycles. The van der Waals surface area contributed by atoms with Crippen LogP contribution in [-0.2, 0) is 4.79 Å². The van der Waals surface area contributed by atoms with Gasteiger partial charge in [0, 0.05) is 25.7 Å². The van der Waals surface area contributed by atoms with Crippen molar-refractivity contribution in [3.05, 3.63) is 35.9 Å². The average molecular weight is 288 g/mol. The van der Waals surface area contributed by atoms with E-state index >= 15 is 0 Å². The first-order valence-corrected chi connectivity index (χ1v) is 7.66. The van der Waals surface area contributed by atoms with Crippen molar-refractivity contribution >= 4 is 11.8 Å². The van der Waals surface area contributed by atoms with E-state index < -0.39 is 0 Å². The van der Waals surface area contributed by atoms with Gasteiger partial charge in [-0.25, -0.2) is 0 Å². The van der Waals surface area contributed by atoms with Crippen molar-refractivity contribution in [3.8, 4) is 0 Å². The third-order valence-corrected chi connectivity index (χ3v) is 4.11. The van der Waals surface area contributed by atoms with E-state index in [9.17, 15) is 9.59 Å². The summed E-state index contributed by atoms with van der Waals surface area (Å²) in [6, 6.07) is 9.09. The first-order valence-electron chi connectivity index (χ1n) is 7.66. The lowest BCUT2D eigenvalue weighted by Gasteiger charge is -2.24. The third kappa shape index (κ3) is 4.31. The molecule has 2 amide bonds. The molecule has 1 aromatic carbocycles. The molecule has 0 saturated carbocycles. The topological polar surface area (TPSA) is 40.6 Å². The Kier molecular flexibility index (Phi) is 5.37. The van der Waals surface area contributed by atoms with Crippen LogP contribution in [-0.4, -0.2) is 48.3 Å². The van der Waals surface area contributed by atoms with Crippen molar-refractivity contribution in [2.24, 2.45) is 5.92 Å². The summed E-state index contributed by atoms with van der Waals surface area (Å²) in [4.78, 5) is 28.0. The molecule has 1 unspecified atom stereocenters. The van der Waals surface area contributed by atoms with Crippen LogP contribution < -0.4 is 0 Å². The zero-order valence-corrected chi connectivity index (χ0v) is 12.9. The van der Waals surface area contributed by atoms with Crippen LogP contribution in [0.4, 0.5) is 0 Å². The van der Waals surface area contributed by atoms with E-state index in [0.717, 1.165) is 25.9 Å². The smallest absolute Gasteiger partial charge is 0.254 e. The van der Waals surface area contributed by atoms with Crippen LogP contribution in [0.25, 0.3) is 0 Å². The van der Waals surface area contributed by atoms with Crippen LogP contribution in [0.2, 0.25) is 0 Å². The molecular weight excluding hydrogens is 264 g/mol. The summed E-state index contributed by atoms with van der Waals surface area (Å²) in [5.41, 5.74) is 0.622. The number of carbonyl (C=O) groups is 2. The zero-order valence-electron chi connectivity index (χ0n) is 12.9. The van der Waals surface area contributed by atoms with Gasteiger partial charge in [-0.2, -0.15) is 0 Å². The Hall–Kier alpha value is -1.84. The average Bonchev–Trinajstić information content (AvgIpc) is 2.72. The van der Waals surface area contributed by atoms with Crippen LogP contribution in [0.3, 0.4) is 0 Å². The zero-order chi connectivity index (χ0) is 15.2. The number of nitrogens with zero attached hydrogens (tertiary/aromatic N) is 2. The predicted octanol–water partition coefficient (Wildman–Crippen LogP) is 2.41. The number of rotatable bonds is 3. The minimum Gasteiger partial charge on any atom is -0.341 e. The summed E-state index contributed by atoms with van der Waals surface area (Å²) in [7, 11) is 1.69. The van der Waals surface area contributed by atoms with E-state index in [1.807, 2.05) is 23.1 Å². The van der Waals surface area contributed by atoms with Crippen LogP contribution in [0.15, 0.2) is 30.3 Å². The monoisotopic (exact) mass is 288 g/mol. The van der Waals surface area contributed by atoms with Crippen molar-refractivity contribution in [3.63, 3.8) is 0 Å². The Morgan fingerprint density at radius 3 is 2.62 bits per heavy atom. The summed E-state index contributed by atoms with van der Waals surface area (Å²) in [6.45, 7) is 4.02. The van der Waals surface area contributed by atoms with Crippen molar-refractivity contribution in [1.82, 2.24) is 9.80 Å². The molecule has 0 N–H and O–H groups in total. The highest BCUT2D eigenvalue weighted by Crippen LogP contribution is 2.16. The van der Waals surface area contributed by atoms with E-state index in [2.05, 4.69) is 6.92 Å². The molecule has 1 heterocycles. The van der Waals surface area contributed by atoms with E-state index in [1.165, 1.54) is 11.3 Å². The summed E-state index contributed by atoms with van der Waals surface area (Å²) in [5.74, 6) is 0.634. The Labute approximate surface area is 126 Å². The molecule has 1 atom stereocenters. The molecule has 4 nitrogen and oxygen atoms in total. The molecule has 1 aliphatic heterocycles. The highest BCUT2D eigenvalue weighted by molar-refractivity contribution is 5.96. The molecule has 4 heteroatoms. The quantitative estimate of drug-likeness (QED) is 0.857. The van der Waals surface area contributed by atoms with Gasteiger partial charge in [0.05, 0.1) is 6.54 Å². The molecule has 0 spiro atoms. The maximum atomic E-state index is 12.3. The summed E-state index contributed by atoms with van der Waals surface area (Å²) < 4.78 is 0. The minimum atomic E-state index is -0.105. The minimum absolute atomic E-state index is 0.0517. The SMILES string of the molecule is CC1CCCN(C(=O)CN(C)C(=O)c2ccccc2)CC1. The summed E-state index contributed by atoms with van der Waals surface area (Å²) in [6.07, 6.45) is 3.30. The molecule has 0 aromatic heterocycles. The maximum absolute atomic E-state index is 12.3. The van der Waals surface area contributed by atoms with Gasteiger partial charge < -0.3 is 9.80 Å². The second kappa shape index (κ2) is 7.25. The number of carbonyl (C=O) groups excluding carboxylic acids is 2. The Bertz CT molecular complexity index is 487. The van der Waals surface area contributed by atoms with Gasteiger partial charge in [-0.3, -0.25) is 9.59 Å². The molecule has 2 rings (SSSR count). The highest BCUT2D eigenvalue weighted by atomic mass is 16.2. The van der Waals surface area contributed by atoms with Crippen molar-refractivity contribution in [1.29, 1.82) is 0 Å². The summed E-state index contributed by atoms with van der Waals surface area (Å²) >= 11 is 0. The van der Waals surface area contributed by atoms with E-state index in [4.69, 9.17) is 0 Å². The molecular formula is C17H24N2O2. The Balaban J connectivity index is 1.91. The molecule has 1 aromatic rings. The van der Waals surface area contributed by atoms with Gasteiger partial charge in [-0.15, -0.1) is 0 Å². The molecule has 1 fully saturated rings. The molecule has 114 valence electrons. The van der Waals surface area contributed by atoms with Gasteiger partial charge in [0.1, 0.15) is 0 Å². The standard InChI is InChI=1S/C17H24N2O2/c1-14-7-6-11-19(12-10-14)16(20)13-18(2)17(21)15-8-4-3-5-9-15/h3-5,8-9,14H,6-7,10-13H2,1-2H3. The molecule has 0 bridgehead atoms. The van der Waals surface area contributed by atoms with E-state index in [-0.39, 0.29) is 18.4 Å². The number of likely N-dealkylation sites (N-methyl/N-ethyl adjacent to an activating group) is 1. The van der Waals surface area contributed by atoms with E-state index in [1.54, 1.807) is 19.2 Å². The maximum Gasteiger partial charge on any atom is 0.254 e. The Morgan fingerprint density at radius 2 is 1.90 bits per heavy atom. The molecule has 0 radical (unpaired) electrons. The number of benzene rings is 1. The first-order chi connectivity index (χ1) is 10.1. The molecule has 0 aliphatic carbocycles. The van der Waals surface area contributed by atoms with Crippen molar-refractivity contribution < 1.29 is 9.59 Å². The van der Waals surface area contributed by atoms with Gasteiger partial charge in [0.25, 0.3) is 5.91 Å². The normalized spacial score (nSPS) is 19.0. The van der Waals surface area contributed by atoms with E-state index in [0.29, 0.717) is 11.5 Å². The van der Waals surface area contributed by atoms with Crippen LogP contribution in [0, 0.1) is 5.92 Å². The highest BCUT2D eigenvalue weighted by Gasteiger charge is 2.21. The Morgan fingerprint density at radius 1 is 1.19 bits per heavy atom. The number of likely N-dealkylation sites (tertiary alicyclic amines) is 1. The van der Waals surface area contributed by atoms with Crippen LogP contribution in [0.5, 0.6) is 0 Å². The predicted molar refractivity (Wildman–Crippen MR) is 83.0 cm³/mol. The summed E-state index contributed by atoms with van der Waals surface area (Å²) in [5, 5.41) is 0. The molecule has 1 aliphatic rings. The fourth-order valence-corrected chi connectivity index (χ4v) is 2.69. The third-order valence-electron chi connectivity index (χ3n) is 4.11. The van der Waals surface area contributed by atoms with Gasteiger partial charge in [-0.05, 0) is 37.3 Å². The fraction of sp³-hybridized carbons (Fsp3) is 0.529. The number of hydrogen-bond donors (Lipinski definition) is 0. The number of hydrogen-bond acceptors (Lipinski definition) is 2. The number of amides is 2. The lowest BCUT2D eigenvalue weighted by Crippen LogP contribution is -2.41. The molecule has 21 heavy (non-hydrogen) atoms. The second-order valence-corrected chi connectivity index (χ2v) is 5.94. The van der Waals surface area contributed by atoms with Crippen molar-refractivity contribution in [2.75, 3.05) is 26.7 Å². The van der Waals surface area contributed by atoms with Crippen LogP contribution in [0.1, 0.15) is 36.5 Å². The van der Waals surface area contributed by atoms with Crippen molar-refractivity contribution in [2.45, 2.75) is 26.2 Å². The van der Waals surface area contributed by atoms with Gasteiger partial charge in [0.2, 0.25) is 5.91 Å². The van der Waals surface area contributed by atoms with Crippen LogP contribution >= 0.6 is 0 Å². The van der Waals surface area contributed by atoms with Gasteiger partial charge in [0.15, 0.2) is 0 Å². The van der Waals surface area contributed by atoms with Gasteiger partial charge >= 0.3 is 0 Å². The largest absolute Gasteiger partial charge is 0.341 e. The first kappa shape index (κ1) is 15.5. The second-order valence-electron chi connectivity index (χ2n) is 5.94. The van der Waals surface area contributed by atoms with Gasteiger partial charge in [-0.1, -0.05) is 25.1 Å². The lowest BCUT2D eigenvalue weighted by atomic mass is 10.0. The lowest BCUT2D eigenvalue weighted by molar-refractivity contribution is -0.131.